The highest BCUT2D eigenvalue weighted by atomic mass is 32.2. The van der Waals surface area contributed by atoms with Crippen molar-refractivity contribution in [3.05, 3.63) is 57.8 Å². The summed E-state index contributed by atoms with van der Waals surface area (Å²) in [6, 6.07) is 8.76. The van der Waals surface area contributed by atoms with Crippen molar-refractivity contribution in [2.75, 3.05) is 11.1 Å². The summed E-state index contributed by atoms with van der Waals surface area (Å²) in [7, 11) is 1.88. The van der Waals surface area contributed by atoms with Gasteiger partial charge in [-0.2, -0.15) is 0 Å². The minimum absolute atomic E-state index is 0.137. The number of hydrogen-bond donors (Lipinski definition) is 1. The molecule has 25 heavy (non-hydrogen) atoms. The van der Waals surface area contributed by atoms with E-state index in [1.165, 1.54) is 22.7 Å². The van der Waals surface area contributed by atoms with Crippen molar-refractivity contribution in [2.24, 2.45) is 7.05 Å². The fourth-order valence-corrected chi connectivity index (χ4v) is 3.66. The zero-order valence-corrected chi connectivity index (χ0v) is 15.5. The van der Waals surface area contributed by atoms with Gasteiger partial charge in [0, 0.05) is 18.3 Å². The first-order chi connectivity index (χ1) is 12.0. The van der Waals surface area contributed by atoms with Crippen LogP contribution in [0, 0.1) is 12.7 Å². The minimum atomic E-state index is -0.435. The van der Waals surface area contributed by atoms with Crippen LogP contribution in [0.25, 0.3) is 0 Å². The van der Waals surface area contributed by atoms with Crippen LogP contribution in [0.2, 0.25) is 0 Å². The standard InChI is InChI=1S/C17H17FN4OS2/c1-11-5-6-14(13(18)8-11)19-16(23)10-25-17-21-20-15(22(17)2)9-12-4-3-7-24-12/h3-8H,9-10H2,1-2H3,(H,19,23). The third-order valence-corrected chi connectivity index (χ3v) is 5.47. The number of amides is 1. The number of thioether (sulfide) groups is 1. The van der Waals surface area contributed by atoms with E-state index < -0.39 is 5.82 Å². The van der Waals surface area contributed by atoms with Crippen LogP contribution in [0.1, 0.15) is 16.3 Å². The van der Waals surface area contributed by atoms with Crippen molar-refractivity contribution < 1.29 is 9.18 Å². The molecule has 0 atom stereocenters. The molecule has 1 N–H and O–H groups in total. The number of carbonyl (C=O) groups is 1. The fourth-order valence-electron chi connectivity index (χ4n) is 2.23. The molecule has 0 aliphatic rings. The number of benzene rings is 1. The smallest absolute Gasteiger partial charge is 0.234 e. The number of halogens is 1. The van der Waals surface area contributed by atoms with Gasteiger partial charge in [-0.25, -0.2) is 4.39 Å². The molecule has 5 nitrogen and oxygen atoms in total. The summed E-state index contributed by atoms with van der Waals surface area (Å²) in [5.41, 5.74) is 0.995. The third kappa shape index (κ3) is 4.46. The number of hydrogen-bond acceptors (Lipinski definition) is 5. The van der Waals surface area contributed by atoms with Gasteiger partial charge in [0.2, 0.25) is 5.91 Å². The first-order valence-corrected chi connectivity index (χ1v) is 9.49. The van der Waals surface area contributed by atoms with E-state index in [0.29, 0.717) is 11.6 Å². The normalized spacial score (nSPS) is 10.8. The Hall–Kier alpha value is -2.19. The average molecular weight is 376 g/mol. The van der Waals surface area contributed by atoms with Crippen LogP contribution in [-0.2, 0) is 18.3 Å². The topological polar surface area (TPSA) is 59.8 Å². The quantitative estimate of drug-likeness (QED) is 0.667. The Bertz CT molecular complexity index is 877. The second-order valence-corrected chi connectivity index (χ2v) is 7.51. The molecule has 0 spiro atoms. The first kappa shape index (κ1) is 17.6. The van der Waals surface area contributed by atoms with Crippen molar-refractivity contribution >= 4 is 34.7 Å². The molecule has 0 aliphatic heterocycles. The molecular formula is C17H17FN4OS2. The van der Waals surface area contributed by atoms with Crippen molar-refractivity contribution in [3.63, 3.8) is 0 Å². The van der Waals surface area contributed by atoms with E-state index in [0.717, 1.165) is 11.4 Å². The molecule has 130 valence electrons. The van der Waals surface area contributed by atoms with E-state index in [9.17, 15) is 9.18 Å². The molecule has 0 aliphatic carbocycles. The van der Waals surface area contributed by atoms with Crippen molar-refractivity contribution in [1.82, 2.24) is 14.8 Å². The lowest BCUT2D eigenvalue weighted by Gasteiger charge is -2.07. The first-order valence-electron chi connectivity index (χ1n) is 7.62. The zero-order valence-electron chi connectivity index (χ0n) is 13.8. The molecule has 0 fully saturated rings. The highest BCUT2D eigenvalue weighted by molar-refractivity contribution is 7.99. The van der Waals surface area contributed by atoms with Gasteiger partial charge in [0.25, 0.3) is 0 Å². The summed E-state index contributed by atoms with van der Waals surface area (Å²) < 4.78 is 15.7. The van der Waals surface area contributed by atoms with E-state index in [1.54, 1.807) is 30.4 Å². The highest BCUT2D eigenvalue weighted by Gasteiger charge is 2.13. The summed E-state index contributed by atoms with van der Waals surface area (Å²) in [4.78, 5) is 13.3. The van der Waals surface area contributed by atoms with E-state index in [-0.39, 0.29) is 17.3 Å². The molecule has 8 heteroatoms. The van der Waals surface area contributed by atoms with E-state index >= 15 is 0 Å². The van der Waals surface area contributed by atoms with Crippen LogP contribution in [0.15, 0.2) is 40.9 Å². The fraction of sp³-hybridized carbons (Fsp3) is 0.235. The maximum Gasteiger partial charge on any atom is 0.234 e. The van der Waals surface area contributed by atoms with Crippen LogP contribution in [0.3, 0.4) is 0 Å². The summed E-state index contributed by atoms with van der Waals surface area (Å²) >= 11 is 2.95. The molecule has 2 aromatic heterocycles. The Labute approximate surface area is 153 Å². The van der Waals surface area contributed by atoms with Gasteiger partial charge in [-0.1, -0.05) is 23.9 Å². The molecule has 0 saturated carbocycles. The molecule has 1 amide bonds. The van der Waals surface area contributed by atoms with Crippen LogP contribution in [-0.4, -0.2) is 26.4 Å². The lowest BCUT2D eigenvalue weighted by molar-refractivity contribution is -0.113. The van der Waals surface area contributed by atoms with Gasteiger partial charge in [0.15, 0.2) is 5.16 Å². The summed E-state index contributed by atoms with van der Waals surface area (Å²) in [6.45, 7) is 1.80. The molecule has 3 aromatic rings. The monoisotopic (exact) mass is 376 g/mol. The molecule has 3 rings (SSSR count). The molecule has 0 unspecified atom stereocenters. The summed E-state index contributed by atoms with van der Waals surface area (Å²) in [5.74, 6) is 0.263. The maximum absolute atomic E-state index is 13.8. The van der Waals surface area contributed by atoms with E-state index in [2.05, 4.69) is 21.6 Å². The van der Waals surface area contributed by atoms with Gasteiger partial charge in [-0.05, 0) is 36.1 Å². The number of thiophene rings is 1. The second-order valence-electron chi connectivity index (χ2n) is 5.53. The lowest BCUT2D eigenvalue weighted by atomic mass is 10.2. The second kappa shape index (κ2) is 7.79. The van der Waals surface area contributed by atoms with Crippen molar-refractivity contribution in [1.29, 1.82) is 0 Å². The predicted molar refractivity (Wildman–Crippen MR) is 98.6 cm³/mol. The molecule has 0 radical (unpaired) electrons. The maximum atomic E-state index is 13.8. The van der Waals surface area contributed by atoms with Crippen molar-refractivity contribution in [3.8, 4) is 0 Å². The van der Waals surface area contributed by atoms with Crippen LogP contribution in [0.4, 0.5) is 10.1 Å². The number of nitrogens with zero attached hydrogens (tertiary/aromatic N) is 3. The van der Waals surface area contributed by atoms with Gasteiger partial charge < -0.3 is 9.88 Å². The Kier molecular flexibility index (Phi) is 5.50. The largest absolute Gasteiger partial charge is 0.323 e. The number of rotatable bonds is 6. The van der Waals surface area contributed by atoms with E-state index in [4.69, 9.17) is 0 Å². The minimum Gasteiger partial charge on any atom is -0.323 e. The zero-order chi connectivity index (χ0) is 17.8. The van der Waals surface area contributed by atoms with Gasteiger partial charge in [0.05, 0.1) is 11.4 Å². The number of nitrogens with one attached hydrogen (secondary N) is 1. The number of aryl methyl sites for hydroxylation is 1. The number of carbonyl (C=O) groups excluding carboxylic acids is 1. The van der Waals surface area contributed by atoms with Crippen LogP contribution in [0.5, 0.6) is 0 Å². The lowest BCUT2D eigenvalue weighted by Crippen LogP contribution is -2.15. The van der Waals surface area contributed by atoms with E-state index in [1.807, 2.05) is 23.1 Å². The Morgan fingerprint density at radius 1 is 1.36 bits per heavy atom. The summed E-state index contributed by atoms with van der Waals surface area (Å²) in [6.07, 6.45) is 0.711. The third-order valence-electron chi connectivity index (χ3n) is 3.57. The predicted octanol–water partition coefficient (Wildman–Crippen LogP) is 3.65. The van der Waals surface area contributed by atoms with Gasteiger partial charge in [0.1, 0.15) is 11.6 Å². The Morgan fingerprint density at radius 2 is 2.20 bits per heavy atom. The average Bonchev–Trinajstić information content (AvgIpc) is 3.20. The van der Waals surface area contributed by atoms with Crippen LogP contribution < -0.4 is 5.32 Å². The SMILES string of the molecule is Cc1ccc(NC(=O)CSc2nnc(Cc3cccs3)n2C)c(F)c1. The van der Waals surface area contributed by atoms with Crippen molar-refractivity contribution in [2.45, 2.75) is 18.5 Å². The molecule has 2 heterocycles. The highest BCUT2D eigenvalue weighted by Crippen LogP contribution is 2.20. The van der Waals surface area contributed by atoms with Gasteiger partial charge in [-0.15, -0.1) is 21.5 Å². The Balaban J connectivity index is 1.58. The number of anilines is 1. The Morgan fingerprint density at radius 3 is 2.92 bits per heavy atom. The van der Waals surface area contributed by atoms with Gasteiger partial charge >= 0.3 is 0 Å². The summed E-state index contributed by atoms with van der Waals surface area (Å²) in [5, 5.41) is 13.6. The molecule has 0 bridgehead atoms. The molecular weight excluding hydrogens is 359 g/mol. The molecule has 0 saturated heterocycles. The van der Waals surface area contributed by atoms with Gasteiger partial charge in [-0.3, -0.25) is 4.79 Å². The molecule has 1 aromatic carbocycles. The van der Waals surface area contributed by atoms with Crippen LogP contribution >= 0.6 is 23.1 Å². The number of aromatic nitrogens is 3.